The van der Waals surface area contributed by atoms with Gasteiger partial charge in [0.05, 0.1) is 0 Å². The van der Waals surface area contributed by atoms with Crippen molar-refractivity contribution in [1.29, 1.82) is 0 Å². The molecule has 0 bridgehead atoms. The molecular formula is C18H15BrS. The molecule has 0 aromatic heterocycles. The lowest BCUT2D eigenvalue weighted by Gasteiger charge is -2.14. The van der Waals surface area contributed by atoms with E-state index in [0.717, 1.165) is 10.2 Å². The van der Waals surface area contributed by atoms with E-state index in [1.807, 2.05) is 11.8 Å². The van der Waals surface area contributed by atoms with Crippen LogP contribution in [-0.4, -0.2) is 5.75 Å². The molecule has 0 aliphatic carbocycles. The van der Waals surface area contributed by atoms with Crippen molar-refractivity contribution in [2.75, 3.05) is 5.75 Å². The quantitative estimate of drug-likeness (QED) is 0.497. The third-order valence-electron chi connectivity index (χ3n) is 3.32. The van der Waals surface area contributed by atoms with E-state index in [1.54, 1.807) is 0 Å². The number of hydrogen-bond donors (Lipinski definition) is 0. The Morgan fingerprint density at radius 2 is 1.55 bits per heavy atom. The van der Waals surface area contributed by atoms with Gasteiger partial charge in [-0.25, -0.2) is 0 Å². The average molecular weight is 343 g/mol. The van der Waals surface area contributed by atoms with E-state index in [0.29, 0.717) is 0 Å². The van der Waals surface area contributed by atoms with Gasteiger partial charge in [-0.1, -0.05) is 77.5 Å². The fourth-order valence-electron chi connectivity index (χ4n) is 2.44. The molecule has 100 valence electrons. The van der Waals surface area contributed by atoms with Gasteiger partial charge >= 0.3 is 0 Å². The Bertz CT molecular complexity index is 735. The van der Waals surface area contributed by atoms with Gasteiger partial charge < -0.3 is 0 Å². The van der Waals surface area contributed by atoms with Gasteiger partial charge in [0.1, 0.15) is 0 Å². The Labute approximate surface area is 132 Å². The highest BCUT2D eigenvalue weighted by Crippen LogP contribution is 2.40. The molecule has 0 aliphatic heterocycles. The predicted octanol–water partition coefficient (Wildman–Crippen LogP) is 6.38. The topological polar surface area (TPSA) is 0 Å². The lowest BCUT2D eigenvalue weighted by Crippen LogP contribution is -1.87. The zero-order valence-corrected chi connectivity index (χ0v) is 13.7. The van der Waals surface area contributed by atoms with E-state index >= 15 is 0 Å². The van der Waals surface area contributed by atoms with Crippen molar-refractivity contribution in [3.8, 4) is 11.1 Å². The maximum Gasteiger partial charge on any atom is 0.0260 e. The SMILES string of the molecule is CCSc1c(-c2ccccc2)cc(Br)c2ccccc12. The van der Waals surface area contributed by atoms with Crippen LogP contribution in [0.15, 0.2) is 70.0 Å². The third-order valence-corrected chi connectivity index (χ3v) is 4.99. The standard InChI is InChI=1S/C18H15BrS/c1-2-20-18-15-11-7-6-10-14(15)17(19)12-16(18)13-8-4-3-5-9-13/h3-12H,2H2,1H3. The first-order valence-electron chi connectivity index (χ1n) is 6.70. The third kappa shape index (κ3) is 2.50. The minimum absolute atomic E-state index is 1.07. The minimum Gasteiger partial charge on any atom is -0.125 e. The number of hydrogen-bond acceptors (Lipinski definition) is 1. The summed E-state index contributed by atoms with van der Waals surface area (Å²) in [6.07, 6.45) is 0. The molecule has 20 heavy (non-hydrogen) atoms. The lowest BCUT2D eigenvalue weighted by molar-refractivity contribution is 1.46. The van der Waals surface area contributed by atoms with E-state index in [-0.39, 0.29) is 0 Å². The predicted molar refractivity (Wildman–Crippen MR) is 93.5 cm³/mol. The molecule has 0 saturated heterocycles. The molecule has 0 N–H and O–H groups in total. The van der Waals surface area contributed by atoms with Crippen molar-refractivity contribution in [2.24, 2.45) is 0 Å². The Kier molecular flexibility index (Phi) is 4.13. The summed E-state index contributed by atoms with van der Waals surface area (Å²) in [4.78, 5) is 1.37. The van der Waals surface area contributed by atoms with Gasteiger partial charge in [0, 0.05) is 9.37 Å². The van der Waals surface area contributed by atoms with E-state index in [4.69, 9.17) is 0 Å². The summed E-state index contributed by atoms with van der Waals surface area (Å²) >= 11 is 5.64. The first-order valence-corrected chi connectivity index (χ1v) is 8.48. The van der Waals surface area contributed by atoms with E-state index in [9.17, 15) is 0 Å². The molecule has 0 unspecified atom stereocenters. The van der Waals surface area contributed by atoms with Gasteiger partial charge in [0.25, 0.3) is 0 Å². The molecule has 3 aromatic carbocycles. The second kappa shape index (κ2) is 6.02. The van der Waals surface area contributed by atoms with Crippen molar-refractivity contribution in [2.45, 2.75) is 11.8 Å². The van der Waals surface area contributed by atoms with Crippen molar-refractivity contribution < 1.29 is 0 Å². The summed E-state index contributed by atoms with van der Waals surface area (Å²) in [5, 5.41) is 2.61. The van der Waals surface area contributed by atoms with Crippen LogP contribution in [0.2, 0.25) is 0 Å². The highest BCUT2D eigenvalue weighted by atomic mass is 79.9. The summed E-state index contributed by atoms with van der Waals surface area (Å²) in [7, 11) is 0. The molecule has 0 aliphatic rings. The molecule has 0 nitrogen and oxygen atoms in total. The molecular weight excluding hydrogens is 328 g/mol. The van der Waals surface area contributed by atoms with Crippen LogP contribution in [0, 0.1) is 0 Å². The maximum absolute atomic E-state index is 3.72. The maximum atomic E-state index is 3.72. The van der Waals surface area contributed by atoms with Gasteiger partial charge in [-0.15, -0.1) is 11.8 Å². The summed E-state index contributed by atoms with van der Waals surface area (Å²) in [5.74, 6) is 1.07. The van der Waals surface area contributed by atoms with Crippen molar-refractivity contribution in [1.82, 2.24) is 0 Å². The Morgan fingerprint density at radius 3 is 2.25 bits per heavy atom. The van der Waals surface area contributed by atoms with Crippen LogP contribution >= 0.6 is 27.7 Å². The van der Waals surface area contributed by atoms with Crippen LogP contribution in [-0.2, 0) is 0 Å². The number of thioether (sulfide) groups is 1. The zero-order chi connectivity index (χ0) is 13.9. The number of benzene rings is 3. The monoisotopic (exact) mass is 342 g/mol. The van der Waals surface area contributed by atoms with E-state index in [2.05, 4.69) is 83.5 Å². The minimum atomic E-state index is 1.07. The van der Waals surface area contributed by atoms with Gasteiger partial charge in [0.2, 0.25) is 0 Å². The Morgan fingerprint density at radius 1 is 0.900 bits per heavy atom. The smallest absolute Gasteiger partial charge is 0.0260 e. The van der Waals surface area contributed by atoms with Crippen LogP contribution in [0.3, 0.4) is 0 Å². The molecule has 0 fully saturated rings. The van der Waals surface area contributed by atoms with Crippen LogP contribution in [0.5, 0.6) is 0 Å². The molecule has 3 rings (SSSR count). The molecule has 0 amide bonds. The average Bonchev–Trinajstić information content (AvgIpc) is 2.51. The Hall–Kier alpha value is -1.25. The molecule has 2 heteroatoms. The van der Waals surface area contributed by atoms with E-state index in [1.165, 1.54) is 26.8 Å². The van der Waals surface area contributed by atoms with Crippen LogP contribution in [0.25, 0.3) is 21.9 Å². The largest absolute Gasteiger partial charge is 0.125 e. The summed E-state index contributed by atoms with van der Waals surface area (Å²) in [5.41, 5.74) is 2.58. The molecule has 0 atom stereocenters. The van der Waals surface area contributed by atoms with Gasteiger partial charge in [0.15, 0.2) is 0 Å². The molecule has 0 saturated carbocycles. The normalized spacial score (nSPS) is 10.9. The zero-order valence-electron chi connectivity index (χ0n) is 11.3. The molecule has 0 spiro atoms. The fraction of sp³-hybridized carbons (Fsp3) is 0.111. The van der Waals surface area contributed by atoms with Crippen LogP contribution < -0.4 is 0 Å². The van der Waals surface area contributed by atoms with E-state index < -0.39 is 0 Å². The summed E-state index contributed by atoms with van der Waals surface area (Å²) < 4.78 is 1.16. The Balaban J connectivity index is 2.34. The van der Waals surface area contributed by atoms with Crippen LogP contribution in [0.1, 0.15) is 6.92 Å². The van der Waals surface area contributed by atoms with Crippen molar-refractivity contribution in [3.63, 3.8) is 0 Å². The second-order valence-corrected chi connectivity index (χ2v) is 6.71. The molecule has 0 radical (unpaired) electrons. The number of fused-ring (bicyclic) bond motifs is 1. The van der Waals surface area contributed by atoms with Crippen molar-refractivity contribution in [3.05, 3.63) is 65.1 Å². The highest BCUT2D eigenvalue weighted by molar-refractivity contribution is 9.10. The summed E-state index contributed by atoms with van der Waals surface area (Å²) in [6.45, 7) is 2.20. The summed E-state index contributed by atoms with van der Waals surface area (Å²) in [6, 6.07) is 21.4. The van der Waals surface area contributed by atoms with Crippen molar-refractivity contribution >= 4 is 38.5 Å². The lowest BCUT2D eigenvalue weighted by atomic mass is 10.0. The highest BCUT2D eigenvalue weighted by Gasteiger charge is 2.12. The van der Waals surface area contributed by atoms with Gasteiger partial charge in [-0.05, 0) is 33.7 Å². The number of halogens is 1. The first kappa shape index (κ1) is 13.7. The molecule has 0 heterocycles. The number of rotatable bonds is 3. The van der Waals surface area contributed by atoms with Gasteiger partial charge in [-0.2, -0.15) is 0 Å². The first-order chi connectivity index (χ1) is 9.81. The van der Waals surface area contributed by atoms with Crippen LogP contribution in [0.4, 0.5) is 0 Å². The second-order valence-electron chi connectivity index (χ2n) is 4.58. The fourth-order valence-corrected chi connectivity index (χ4v) is 3.97. The molecule has 3 aromatic rings. The van der Waals surface area contributed by atoms with Gasteiger partial charge in [-0.3, -0.25) is 0 Å².